The van der Waals surface area contributed by atoms with Gasteiger partial charge in [0.2, 0.25) is 0 Å². The molecule has 0 fully saturated rings. The fourth-order valence-corrected chi connectivity index (χ4v) is 2.77. The van der Waals surface area contributed by atoms with Gasteiger partial charge in [0.05, 0.1) is 27.0 Å². The van der Waals surface area contributed by atoms with E-state index < -0.39 is 0 Å². The number of methoxy groups -OCH3 is 1. The Morgan fingerprint density at radius 1 is 1.43 bits per heavy atom. The molecule has 1 aliphatic heterocycles. The maximum Gasteiger partial charge on any atom is 0.319 e. The molecule has 1 aromatic carbocycles. The highest BCUT2D eigenvalue weighted by atomic mass is 35.5. The molecule has 0 amide bonds. The molecule has 0 unspecified atom stereocenters. The first kappa shape index (κ1) is 16.1. The van der Waals surface area contributed by atoms with Crippen LogP contribution in [0.2, 0.25) is 5.02 Å². The lowest BCUT2D eigenvalue weighted by Gasteiger charge is -2.34. The second-order valence-corrected chi connectivity index (χ2v) is 5.87. The first-order valence-corrected chi connectivity index (χ1v) is 8.09. The highest BCUT2D eigenvalue weighted by molar-refractivity contribution is 8.13. The molecule has 5 nitrogen and oxygen atoms in total. The van der Waals surface area contributed by atoms with Crippen molar-refractivity contribution in [3.05, 3.63) is 34.9 Å². The van der Waals surface area contributed by atoms with E-state index in [2.05, 4.69) is 9.89 Å². The molecule has 21 heavy (non-hydrogen) atoms. The topological polar surface area (TPSA) is 45.1 Å². The van der Waals surface area contributed by atoms with Crippen molar-refractivity contribution in [2.75, 3.05) is 33.2 Å². The Hall–Kier alpha value is -1.24. The van der Waals surface area contributed by atoms with E-state index in [0.29, 0.717) is 13.3 Å². The van der Waals surface area contributed by atoms with Crippen molar-refractivity contribution < 1.29 is 9.53 Å². The lowest BCUT2D eigenvalue weighted by Crippen LogP contribution is -2.46. The third-order valence-electron chi connectivity index (χ3n) is 3.10. The molecule has 0 N–H and O–H groups in total. The zero-order valence-electron chi connectivity index (χ0n) is 12.1. The van der Waals surface area contributed by atoms with Gasteiger partial charge >= 0.3 is 5.97 Å². The van der Waals surface area contributed by atoms with Gasteiger partial charge in [-0.3, -0.25) is 9.69 Å². The van der Waals surface area contributed by atoms with Gasteiger partial charge in [0.25, 0.3) is 0 Å². The van der Waals surface area contributed by atoms with Crippen LogP contribution in [0.4, 0.5) is 0 Å². The molecular weight excluding hydrogens is 310 g/mol. The molecule has 0 radical (unpaired) electrons. The molecule has 114 valence electrons. The summed E-state index contributed by atoms with van der Waals surface area (Å²) >= 11 is 7.52. The Morgan fingerprint density at radius 3 is 2.76 bits per heavy atom. The van der Waals surface area contributed by atoms with Gasteiger partial charge in [0, 0.05) is 11.6 Å². The molecule has 0 aromatic heterocycles. The number of esters is 1. The van der Waals surface area contributed by atoms with Crippen molar-refractivity contribution in [3.63, 3.8) is 0 Å². The number of benzene rings is 1. The summed E-state index contributed by atoms with van der Waals surface area (Å²) < 4.78 is 4.71. The van der Waals surface area contributed by atoms with Crippen LogP contribution in [0.1, 0.15) is 5.56 Å². The Bertz CT molecular complexity index is 521. The number of aliphatic imine (C=N–C) groups is 1. The molecule has 0 atom stereocenters. The van der Waals surface area contributed by atoms with Gasteiger partial charge in [-0.2, -0.15) is 0 Å². The second kappa shape index (κ2) is 7.68. The number of nitrogens with zero attached hydrogens (tertiary/aromatic N) is 3. The number of ether oxygens (including phenoxy) is 1. The van der Waals surface area contributed by atoms with Crippen LogP contribution in [0.15, 0.2) is 29.3 Å². The van der Waals surface area contributed by atoms with Crippen molar-refractivity contribution >= 4 is 34.5 Å². The molecule has 0 saturated carbocycles. The predicted octanol–water partition coefficient (Wildman–Crippen LogP) is 2.26. The third-order valence-corrected chi connectivity index (χ3v) is 4.10. The van der Waals surface area contributed by atoms with E-state index in [4.69, 9.17) is 16.3 Å². The largest absolute Gasteiger partial charge is 0.468 e. The zero-order chi connectivity index (χ0) is 15.2. The first-order valence-electron chi connectivity index (χ1n) is 6.49. The molecule has 1 aliphatic rings. The number of amidine groups is 1. The average Bonchev–Trinajstić information content (AvgIpc) is 2.50. The summed E-state index contributed by atoms with van der Waals surface area (Å²) in [4.78, 5) is 20.0. The van der Waals surface area contributed by atoms with Crippen molar-refractivity contribution in [3.8, 4) is 0 Å². The predicted molar refractivity (Wildman–Crippen MR) is 86.4 cm³/mol. The smallest absolute Gasteiger partial charge is 0.319 e. The summed E-state index contributed by atoms with van der Waals surface area (Å²) in [6.45, 7) is 2.15. The van der Waals surface area contributed by atoms with Crippen molar-refractivity contribution in [2.45, 2.75) is 6.54 Å². The van der Waals surface area contributed by atoms with E-state index in [-0.39, 0.29) is 12.5 Å². The van der Waals surface area contributed by atoms with Crippen molar-refractivity contribution in [1.29, 1.82) is 0 Å². The van der Waals surface area contributed by atoms with Crippen LogP contribution in [-0.4, -0.2) is 54.2 Å². The molecule has 0 saturated heterocycles. The van der Waals surface area contributed by atoms with E-state index in [1.807, 2.05) is 35.4 Å². The van der Waals surface area contributed by atoms with E-state index >= 15 is 0 Å². The molecule has 0 aliphatic carbocycles. The summed E-state index contributed by atoms with van der Waals surface area (Å²) in [5, 5.41) is 1.70. The van der Waals surface area contributed by atoms with Gasteiger partial charge in [0.15, 0.2) is 5.17 Å². The Labute approximate surface area is 133 Å². The SMILES string of the molecule is COC(=O)CN1CN=C(SC)N(Cc2ccc(Cl)cc2)C1. The normalized spacial score (nSPS) is 15.8. The van der Waals surface area contributed by atoms with Gasteiger partial charge in [-0.05, 0) is 24.0 Å². The molecule has 1 heterocycles. The second-order valence-electron chi connectivity index (χ2n) is 4.66. The summed E-state index contributed by atoms with van der Waals surface area (Å²) in [7, 11) is 1.40. The van der Waals surface area contributed by atoms with Gasteiger partial charge in [0.1, 0.15) is 0 Å². The van der Waals surface area contributed by atoms with E-state index in [1.54, 1.807) is 11.8 Å². The number of hydrogen-bond acceptors (Lipinski definition) is 6. The van der Waals surface area contributed by atoms with Crippen molar-refractivity contribution in [1.82, 2.24) is 9.80 Å². The zero-order valence-corrected chi connectivity index (χ0v) is 13.7. The quantitative estimate of drug-likeness (QED) is 0.794. The standard InChI is InChI=1S/C14H18ClN3O2S/c1-20-13(19)8-17-9-16-14(21-2)18(10-17)7-11-3-5-12(15)6-4-11/h3-6H,7-10H2,1-2H3. The number of carbonyl (C=O) groups is 1. The maximum atomic E-state index is 11.4. The Kier molecular flexibility index (Phi) is 5.90. The van der Waals surface area contributed by atoms with Gasteiger partial charge < -0.3 is 9.64 Å². The Balaban J connectivity index is 2.04. The average molecular weight is 328 g/mol. The minimum absolute atomic E-state index is 0.246. The van der Waals surface area contributed by atoms with Crippen LogP contribution in [0.3, 0.4) is 0 Å². The number of halogens is 1. The van der Waals surface area contributed by atoms with Gasteiger partial charge in [-0.15, -0.1) is 0 Å². The lowest BCUT2D eigenvalue weighted by atomic mass is 10.2. The minimum atomic E-state index is -0.246. The molecule has 1 aromatic rings. The number of hydrogen-bond donors (Lipinski definition) is 0. The highest BCUT2D eigenvalue weighted by Crippen LogP contribution is 2.17. The maximum absolute atomic E-state index is 11.4. The van der Waals surface area contributed by atoms with Crippen LogP contribution in [0.5, 0.6) is 0 Å². The van der Waals surface area contributed by atoms with Crippen molar-refractivity contribution in [2.24, 2.45) is 4.99 Å². The number of rotatable bonds is 4. The lowest BCUT2D eigenvalue weighted by molar-refractivity contribution is -0.142. The van der Waals surface area contributed by atoms with Crippen LogP contribution in [0.25, 0.3) is 0 Å². The first-order chi connectivity index (χ1) is 10.1. The molecular formula is C14H18ClN3O2S. The summed E-state index contributed by atoms with van der Waals surface area (Å²) in [6.07, 6.45) is 2.00. The fraction of sp³-hybridized carbons (Fsp3) is 0.429. The minimum Gasteiger partial charge on any atom is -0.468 e. The van der Waals surface area contributed by atoms with E-state index in [9.17, 15) is 4.79 Å². The highest BCUT2D eigenvalue weighted by Gasteiger charge is 2.22. The Morgan fingerprint density at radius 2 is 2.14 bits per heavy atom. The van der Waals surface area contributed by atoms with E-state index in [0.717, 1.165) is 22.3 Å². The fourth-order valence-electron chi connectivity index (χ4n) is 2.08. The summed E-state index contributed by atoms with van der Waals surface area (Å²) in [6, 6.07) is 7.75. The number of carbonyl (C=O) groups excluding carboxylic acids is 1. The molecule has 0 bridgehead atoms. The number of thioether (sulfide) groups is 1. The van der Waals surface area contributed by atoms with Crippen LogP contribution >= 0.6 is 23.4 Å². The van der Waals surface area contributed by atoms with Crippen LogP contribution < -0.4 is 0 Å². The monoisotopic (exact) mass is 327 g/mol. The third kappa shape index (κ3) is 4.62. The van der Waals surface area contributed by atoms with Crippen LogP contribution in [0, 0.1) is 0 Å². The van der Waals surface area contributed by atoms with Gasteiger partial charge in [-0.25, -0.2) is 4.99 Å². The molecule has 7 heteroatoms. The van der Waals surface area contributed by atoms with Crippen LogP contribution in [-0.2, 0) is 16.1 Å². The van der Waals surface area contributed by atoms with E-state index in [1.165, 1.54) is 7.11 Å². The van der Waals surface area contributed by atoms with Gasteiger partial charge in [-0.1, -0.05) is 35.5 Å². The molecule has 2 rings (SSSR count). The summed E-state index contributed by atoms with van der Waals surface area (Å²) in [5.41, 5.74) is 1.15. The molecule has 0 spiro atoms. The summed E-state index contributed by atoms with van der Waals surface area (Å²) in [5.74, 6) is -0.246.